The number of allylic oxidation sites excluding steroid dienone is 1. The first-order valence-electron chi connectivity index (χ1n) is 5.42. The van der Waals surface area contributed by atoms with Crippen molar-refractivity contribution in [1.82, 2.24) is 0 Å². The van der Waals surface area contributed by atoms with Crippen molar-refractivity contribution in [1.29, 1.82) is 0 Å². The van der Waals surface area contributed by atoms with Crippen LogP contribution in [0.1, 0.15) is 11.1 Å². The van der Waals surface area contributed by atoms with E-state index >= 15 is 0 Å². The van der Waals surface area contributed by atoms with Gasteiger partial charge < -0.3 is 0 Å². The number of aldehydes is 1. The molecule has 0 bridgehead atoms. The first kappa shape index (κ1) is 10.5. The summed E-state index contributed by atoms with van der Waals surface area (Å²) in [5, 5.41) is 0. The predicted octanol–water partition coefficient (Wildman–Crippen LogP) is 1.29. The second-order valence-electron chi connectivity index (χ2n) is 3.81. The van der Waals surface area contributed by atoms with Gasteiger partial charge in [0, 0.05) is 0 Å². The van der Waals surface area contributed by atoms with E-state index in [9.17, 15) is 4.79 Å². The van der Waals surface area contributed by atoms with Crippen molar-refractivity contribution < 1.29 is 4.79 Å². The molecule has 0 saturated carbocycles. The van der Waals surface area contributed by atoms with Gasteiger partial charge in [0.1, 0.15) is 0 Å². The molecule has 1 aliphatic rings. The van der Waals surface area contributed by atoms with E-state index in [1.54, 1.807) is 6.08 Å². The molecule has 0 saturated heterocycles. The van der Waals surface area contributed by atoms with Gasteiger partial charge in [-0.25, -0.2) is 0 Å². The van der Waals surface area contributed by atoms with E-state index in [4.69, 9.17) is 0 Å². The summed E-state index contributed by atoms with van der Waals surface area (Å²) in [7, 11) is 0. The molecule has 1 aliphatic heterocycles. The molecule has 82 valence electrons. The molecule has 0 radical (unpaired) electrons. The summed E-state index contributed by atoms with van der Waals surface area (Å²) in [5.41, 5.74) is 3.47. The van der Waals surface area contributed by atoms with Gasteiger partial charge in [-0.05, 0) is 0 Å². The van der Waals surface area contributed by atoms with Crippen LogP contribution in [0.3, 0.4) is 0 Å². The molecule has 2 aromatic rings. The fourth-order valence-electron chi connectivity index (χ4n) is 2.07. The molecule has 17 heavy (non-hydrogen) atoms. The number of hydrogen-bond donors (Lipinski definition) is 0. The molecule has 2 aromatic carbocycles. The normalized spacial score (nSPS) is 12.6. The summed E-state index contributed by atoms with van der Waals surface area (Å²) in [6.45, 7) is 0. The van der Waals surface area contributed by atoms with Crippen molar-refractivity contribution in [2.24, 2.45) is 0 Å². The molecule has 0 unspecified atom stereocenters. The minimum atomic E-state index is 0.341. The molecule has 0 fully saturated rings. The van der Waals surface area contributed by atoms with Crippen LogP contribution in [0.25, 0.3) is 5.57 Å². The van der Waals surface area contributed by atoms with E-state index in [0.29, 0.717) is 15.0 Å². The number of benzene rings is 2. The van der Waals surface area contributed by atoms with E-state index in [1.807, 2.05) is 12.1 Å². The number of carbonyl (C=O) groups is 1. The summed E-state index contributed by atoms with van der Waals surface area (Å²) >= 11 is 0.341. The molecule has 3 rings (SSSR count). The summed E-state index contributed by atoms with van der Waals surface area (Å²) in [5.74, 6) is 0. The molecule has 0 aliphatic carbocycles. The molecule has 2 heteroatoms. The van der Waals surface area contributed by atoms with Crippen molar-refractivity contribution in [2.45, 2.75) is 0 Å². The molecule has 0 N–H and O–H groups in total. The Labute approximate surface area is 106 Å². The van der Waals surface area contributed by atoms with Gasteiger partial charge in [0.25, 0.3) is 0 Å². The zero-order valence-corrected chi connectivity index (χ0v) is 10.8. The van der Waals surface area contributed by atoms with E-state index in [1.165, 1.54) is 20.1 Å². The molecule has 0 spiro atoms. The number of hydrogen-bond acceptors (Lipinski definition) is 1. The molecular formula is C15H10OSe. The monoisotopic (exact) mass is 286 g/mol. The van der Waals surface area contributed by atoms with Crippen LogP contribution in [0.5, 0.6) is 0 Å². The summed E-state index contributed by atoms with van der Waals surface area (Å²) in [4.78, 5) is 10.8. The topological polar surface area (TPSA) is 17.1 Å². The second kappa shape index (κ2) is 4.32. The Hall–Kier alpha value is -1.63. The van der Waals surface area contributed by atoms with Gasteiger partial charge in [0.05, 0.1) is 0 Å². The molecule has 1 nitrogen and oxygen atoms in total. The van der Waals surface area contributed by atoms with Crippen molar-refractivity contribution in [3.63, 3.8) is 0 Å². The predicted molar refractivity (Wildman–Crippen MR) is 71.0 cm³/mol. The van der Waals surface area contributed by atoms with Gasteiger partial charge in [-0.1, -0.05) is 0 Å². The van der Waals surface area contributed by atoms with Gasteiger partial charge >= 0.3 is 106 Å². The summed E-state index contributed by atoms with van der Waals surface area (Å²) in [6.07, 6.45) is 2.55. The fourth-order valence-corrected chi connectivity index (χ4v) is 4.39. The quantitative estimate of drug-likeness (QED) is 0.374. The molecule has 0 aromatic heterocycles. The first-order valence-corrected chi connectivity index (χ1v) is 7.13. The SMILES string of the molecule is O=CC=C1c2ccccc2[Se]c2ccccc21. The van der Waals surface area contributed by atoms with Crippen molar-refractivity contribution in [3.05, 3.63) is 65.7 Å². The Kier molecular flexibility index (Phi) is 2.68. The zero-order chi connectivity index (χ0) is 11.7. The Bertz CT molecular complexity index is 566. The van der Waals surface area contributed by atoms with Crippen molar-refractivity contribution in [2.75, 3.05) is 0 Å². The summed E-state index contributed by atoms with van der Waals surface area (Å²) < 4.78 is 2.71. The maximum atomic E-state index is 10.8. The third-order valence-corrected chi connectivity index (χ3v) is 5.23. The third kappa shape index (κ3) is 1.76. The van der Waals surface area contributed by atoms with Gasteiger partial charge in [0.2, 0.25) is 0 Å². The van der Waals surface area contributed by atoms with E-state index in [2.05, 4.69) is 36.4 Å². The number of carbonyl (C=O) groups excluding carboxylic acids is 1. The fraction of sp³-hybridized carbons (Fsp3) is 0. The van der Waals surface area contributed by atoms with E-state index < -0.39 is 0 Å². The zero-order valence-electron chi connectivity index (χ0n) is 9.09. The van der Waals surface area contributed by atoms with Crippen LogP contribution in [0.15, 0.2) is 54.6 Å². The average Bonchev–Trinajstić information content (AvgIpc) is 2.39. The minimum absolute atomic E-state index is 0.341. The van der Waals surface area contributed by atoms with Gasteiger partial charge in [-0.15, -0.1) is 0 Å². The van der Waals surface area contributed by atoms with E-state index in [0.717, 1.165) is 11.9 Å². The van der Waals surface area contributed by atoms with E-state index in [-0.39, 0.29) is 0 Å². The summed E-state index contributed by atoms with van der Waals surface area (Å²) in [6, 6.07) is 16.7. The van der Waals surface area contributed by atoms with Gasteiger partial charge in [0.15, 0.2) is 0 Å². The Balaban J connectivity index is 2.28. The molecule has 1 heterocycles. The van der Waals surface area contributed by atoms with Crippen LogP contribution in [-0.2, 0) is 4.79 Å². The molecule has 0 amide bonds. The maximum absolute atomic E-state index is 10.8. The third-order valence-electron chi connectivity index (χ3n) is 2.81. The first-order chi connectivity index (χ1) is 8.40. The Morgan fingerprint density at radius 3 is 1.88 bits per heavy atom. The van der Waals surface area contributed by atoms with Crippen LogP contribution >= 0.6 is 0 Å². The van der Waals surface area contributed by atoms with Crippen molar-refractivity contribution in [3.8, 4) is 0 Å². The second-order valence-corrected chi connectivity index (χ2v) is 6.08. The molecule has 0 atom stereocenters. The average molecular weight is 285 g/mol. The standard InChI is InChI=1S/C15H10OSe/c16-10-9-11-12-5-1-3-7-14(12)17-15-8-4-2-6-13(11)15/h1-10H. The number of fused-ring (bicyclic) bond motifs is 2. The Morgan fingerprint density at radius 1 is 0.824 bits per heavy atom. The van der Waals surface area contributed by atoms with Gasteiger partial charge in [-0.3, -0.25) is 0 Å². The van der Waals surface area contributed by atoms with Crippen LogP contribution in [-0.4, -0.2) is 21.2 Å². The number of rotatable bonds is 1. The van der Waals surface area contributed by atoms with Crippen LogP contribution in [0, 0.1) is 0 Å². The van der Waals surface area contributed by atoms with Crippen molar-refractivity contribution >= 4 is 35.7 Å². The Morgan fingerprint density at radius 2 is 1.35 bits per heavy atom. The van der Waals surface area contributed by atoms with Crippen LogP contribution < -0.4 is 8.92 Å². The van der Waals surface area contributed by atoms with Gasteiger partial charge in [-0.2, -0.15) is 0 Å². The van der Waals surface area contributed by atoms with Crippen LogP contribution in [0.2, 0.25) is 0 Å². The molecular weight excluding hydrogens is 275 g/mol. The van der Waals surface area contributed by atoms with Crippen LogP contribution in [0.4, 0.5) is 0 Å².